The Morgan fingerprint density at radius 2 is 1.86 bits per heavy atom. The van der Waals surface area contributed by atoms with Gasteiger partial charge in [0.05, 0.1) is 11.8 Å². The van der Waals surface area contributed by atoms with Gasteiger partial charge < -0.3 is 10.4 Å². The molecule has 1 aromatic carbocycles. The lowest BCUT2D eigenvalue weighted by molar-refractivity contribution is -0.140. The zero-order valence-corrected chi connectivity index (χ0v) is 15.4. The molecule has 2 atom stereocenters. The molecular formula is C20H19N5O3. The minimum Gasteiger partial charge on any atom is -0.481 e. The van der Waals surface area contributed by atoms with E-state index in [2.05, 4.69) is 25.5 Å². The molecule has 1 fully saturated rings. The predicted octanol–water partition coefficient (Wildman–Crippen LogP) is 2.83. The number of carboxylic acid groups (broad SMARTS) is 1. The minimum atomic E-state index is -0.935. The second kappa shape index (κ2) is 6.56. The number of carbonyl (C=O) groups excluding carboxylic acids is 1. The average Bonchev–Trinajstić information content (AvgIpc) is 3.03. The van der Waals surface area contributed by atoms with Crippen LogP contribution in [-0.2, 0) is 9.59 Å². The standard InChI is InChI=1S/C20H19N5O3/c1-20(2)14(15(20)19(27)28)18(26)22-13-7-5-11(6-8-13)16-23-17(25-24-16)12-4-3-9-21-10-12/h3-10,14-15H,1-2H3,(H,22,26)(H,27,28)(H,23,24,25)/t14-,15-/m1/s1. The SMILES string of the molecule is CC1(C)[C@@H](C(=O)O)[C@@H]1C(=O)Nc1ccc(-c2nc(-c3cccnc3)n[nH]2)cc1. The summed E-state index contributed by atoms with van der Waals surface area (Å²) < 4.78 is 0. The molecule has 8 nitrogen and oxygen atoms in total. The molecule has 0 aliphatic heterocycles. The summed E-state index contributed by atoms with van der Waals surface area (Å²) in [5.74, 6) is -1.23. The quantitative estimate of drug-likeness (QED) is 0.629. The smallest absolute Gasteiger partial charge is 0.307 e. The number of nitrogens with zero attached hydrogens (tertiary/aromatic N) is 3. The number of hydrogen-bond acceptors (Lipinski definition) is 5. The van der Waals surface area contributed by atoms with E-state index in [1.54, 1.807) is 38.4 Å². The first-order valence-electron chi connectivity index (χ1n) is 8.85. The highest BCUT2D eigenvalue weighted by Gasteiger charge is 2.65. The Balaban J connectivity index is 1.46. The second-order valence-electron chi connectivity index (χ2n) is 7.43. The van der Waals surface area contributed by atoms with Gasteiger partial charge in [-0.05, 0) is 41.8 Å². The van der Waals surface area contributed by atoms with Crippen LogP contribution >= 0.6 is 0 Å². The molecule has 0 bridgehead atoms. The van der Waals surface area contributed by atoms with Crippen molar-refractivity contribution in [1.82, 2.24) is 20.2 Å². The van der Waals surface area contributed by atoms with Gasteiger partial charge in [0, 0.05) is 29.2 Å². The van der Waals surface area contributed by atoms with Crippen LogP contribution in [0.5, 0.6) is 0 Å². The number of benzene rings is 1. The van der Waals surface area contributed by atoms with Crippen molar-refractivity contribution in [3.8, 4) is 22.8 Å². The third kappa shape index (κ3) is 3.13. The molecule has 28 heavy (non-hydrogen) atoms. The van der Waals surface area contributed by atoms with E-state index in [0.29, 0.717) is 17.3 Å². The van der Waals surface area contributed by atoms with Crippen LogP contribution in [0.4, 0.5) is 5.69 Å². The number of aliphatic carboxylic acids is 1. The summed E-state index contributed by atoms with van der Waals surface area (Å²) >= 11 is 0. The van der Waals surface area contributed by atoms with Crippen molar-refractivity contribution in [2.75, 3.05) is 5.32 Å². The first-order valence-corrected chi connectivity index (χ1v) is 8.85. The van der Waals surface area contributed by atoms with Crippen LogP contribution < -0.4 is 5.32 Å². The lowest BCUT2D eigenvalue weighted by Gasteiger charge is -2.06. The van der Waals surface area contributed by atoms with Crippen molar-refractivity contribution >= 4 is 17.6 Å². The zero-order valence-electron chi connectivity index (χ0n) is 15.4. The first-order chi connectivity index (χ1) is 13.4. The highest BCUT2D eigenvalue weighted by molar-refractivity contribution is 5.99. The molecular weight excluding hydrogens is 358 g/mol. The van der Waals surface area contributed by atoms with Crippen LogP contribution in [0.25, 0.3) is 22.8 Å². The largest absolute Gasteiger partial charge is 0.481 e. The van der Waals surface area contributed by atoms with Gasteiger partial charge in [-0.15, -0.1) is 0 Å². The fourth-order valence-corrected chi connectivity index (χ4v) is 3.53. The summed E-state index contributed by atoms with van der Waals surface area (Å²) in [6.45, 7) is 3.59. The number of anilines is 1. The van der Waals surface area contributed by atoms with E-state index in [4.69, 9.17) is 0 Å². The van der Waals surface area contributed by atoms with E-state index in [9.17, 15) is 14.7 Å². The fourth-order valence-electron chi connectivity index (χ4n) is 3.53. The summed E-state index contributed by atoms with van der Waals surface area (Å²) in [7, 11) is 0. The van der Waals surface area contributed by atoms with Gasteiger partial charge in [0.2, 0.25) is 5.91 Å². The van der Waals surface area contributed by atoms with Crippen LogP contribution in [0, 0.1) is 17.3 Å². The van der Waals surface area contributed by atoms with E-state index in [0.717, 1.165) is 11.1 Å². The van der Waals surface area contributed by atoms with Gasteiger partial charge >= 0.3 is 5.97 Å². The van der Waals surface area contributed by atoms with Crippen LogP contribution in [0.1, 0.15) is 13.8 Å². The maximum Gasteiger partial charge on any atom is 0.307 e. The van der Waals surface area contributed by atoms with E-state index >= 15 is 0 Å². The van der Waals surface area contributed by atoms with Crippen LogP contribution in [-0.4, -0.2) is 37.1 Å². The highest BCUT2D eigenvalue weighted by atomic mass is 16.4. The van der Waals surface area contributed by atoms with Crippen molar-refractivity contribution in [3.63, 3.8) is 0 Å². The molecule has 1 saturated carbocycles. The Labute approximate surface area is 161 Å². The van der Waals surface area contributed by atoms with Gasteiger partial charge in [-0.3, -0.25) is 19.7 Å². The molecule has 8 heteroatoms. The third-order valence-electron chi connectivity index (χ3n) is 5.21. The number of rotatable bonds is 5. The fraction of sp³-hybridized carbons (Fsp3) is 0.250. The summed E-state index contributed by atoms with van der Waals surface area (Å²) in [6.07, 6.45) is 3.38. The number of aromatic amines is 1. The van der Waals surface area contributed by atoms with Gasteiger partial charge in [0.25, 0.3) is 0 Å². The lowest BCUT2D eigenvalue weighted by atomic mass is 10.1. The molecule has 3 N–H and O–H groups in total. The molecule has 0 radical (unpaired) electrons. The van der Waals surface area contributed by atoms with Gasteiger partial charge in [-0.1, -0.05) is 13.8 Å². The maximum atomic E-state index is 12.4. The topological polar surface area (TPSA) is 121 Å². The monoisotopic (exact) mass is 377 g/mol. The van der Waals surface area contributed by atoms with Crippen LogP contribution in [0.15, 0.2) is 48.8 Å². The Morgan fingerprint density at radius 3 is 2.46 bits per heavy atom. The molecule has 1 amide bonds. The number of H-pyrrole nitrogens is 1. The molecule has 0 spiro atoms. The average molecular weight is 377 g/mol. The Bertz CT molecular complexity index is 1030. The highest BCUT2D eigenvalue weighted by Crippen LogP contribution is 2.58. The van der Waals surface area contributed by atoms with Gasteiger partial charge in [0.15, 0.2) is 11.6 Å². The molecule has 2 aromatic heterocycles. The third-order valence-corrected chi connectivity index (χ3v) is 5.21. The predicted molar refractivity (Wildman–Crippen MR) is 102 cm³/mol. The molecule has 142 valence electrons. The van der Waals surface area contributed by atoms with Gasteiger partial charge in [-0.25, -0.2) is 4.98 Å². The zero-order chi connectivity index (χ0) is 19.9. The summed E-state index contributed by atoms with van der Waals surface area (Å²) in [5.41, 5.74) is 1.70. The number of amides is 1. The number of hydrogen-bond donors (Lipinski definition) is 3. The second-order valence-corrected chi connectivity index (χ2v) is 7.43. The number of nitrogens with one attached hydrogen (secondary N) is 2. The normalized spacial score (nSPS) is 19.8. The summed E-state index contributed by atoms with van der Waals surface area (Å²) in [5, 5.41) is 19.1. The van der Waals surface area contributed by atoms with Crippen molar-refractivity contribution in [1.29, 1.82) is 0 Å². The molecule has 1 aliphatic rings. The van der Waals surface area contributed by atoms with E-state index in [1.807, 2.05) is 24.3 Å². The number of carboxylic acids is 1. The summed E-state index contributed by atoms with van der Waals surface area (Å²) in [6, 6.07) is 10.8. The lowest BCUT2D eigenvalue weighted by Crippen LogP contribution is -2.17. The first kappa shape index (κ1) is 17.8. The van der Waals surface area contributed by atoms with E-state index in [1.165, 1.54) is 0 Å². The molecule has 0 saturated heterocycles. The van der Waals surface area contributed by atoms with Gasteiger partial charge in [-0.2, -0.15) is 5.10 Å². The van der Waals surface area contributed by atoms with Crippen molar-refractivity contribution in [3.05, 3.63) is 48.8 Å². The molecule has 3 aromatic rings. The molecule has 0 unspecified atom stereocenters. The maximum absolute atomic E-state index is 12.4. The number of pyridine rings is 1. The van der Waals surface area contributed by atoms with Crippen LogP contribution in [0.2, 0.25) is 0 Å². The van der Waals surface area contributed by atoms with Crippen molar-refractivity contribution in [2.45, 2.75) is 13.8 Å². The van der Waals surface area contributed by atoms with Crippen molar-refractivity contribution in [2.24, 2.45) is 17.3 Å². The Kier molecular flexibility index (Phi) is 4.18. The van der Waals surface area contributed by atoms with E-state index in [-0.39, 0.29) is 5.91 Å². The van der Waals surface area contributed by atoms with Gasteiger partial charge in [0.1, 0.15) is 0 Å². The van der Waals surface area contributed by atoms with E-state index < -0.39 is 23.2 Å². The number of carbonyl (C=O) groups is 2. The Hall–Kier alpha value is -3.55. The van der Waals surface area contributed by atoms with Crippen LogP contribution in [0.3, 0.4) is 0 Å². The molecule has 4 rings (SSSR count). The Morgan fingerprint density at radius 1 is 1.11 bits per heavy atom. The number of aromatic nitrogens is 4. The van der Waals surface area contributed by atoms with Crippen molar-refractivity contribution < 1.29 is 14.7 Å². The minimum absolute atomic E-state index is 0.274. The summed E-state index contributed by atoms with van der Waals surface area (Å²) in [4.78, 5) is 32.2. The molecule has 2 heterocycles. The molecule has 1 aliphatic carbocycles.